The number of aromatic hydroxyl groups is 1. The Hall–Kier alpha value is -0.890. The molecule has 0 aromatic carbocycles. The van der Waals surface area contributed by atoms with Gasteiger partial charge < -0.3 is 10.1 Å². The molecule has 0 bridgehead atoms. The van der Waals surface area contributed by atoms with Gasteiger partial charge in [0.05, 0.1) is 8.27 Å². The van der Waals surface area contributed by atoms with Gasteiger partial charge in [0.15, 0.2) is 5.56 Å². The predicted molar refractivity (Wildman–Crippen MR) is 92.6 cm³/mol. The Morgan fingerprint density at radius 1 is 1.50 bits per heavy atom. The number of rotatable bonds is 1. The van der Waals surface area contributed by atoms with Crippen LogP contribution in [-0.2, 0) is 0 Å². The lowest BCUT2D eigenvalue weighted by Crippen LogP contribution is -2.09. The third-order valence-electron chi connectivity index (χ3n) is 2.74. The lowest BCUT2D eigenvalue weighted by atomic mass is 10.1. The van der Waals surface area contributed by atoms with Crippen LogP contribution in [-0.4, -0.2) is 10.1 Å². The van der Waals surface area contributed by atoms with Crippen LogP contribution >= 0.6 is 61.2 Å². The van der Waals surface area contributed by atoms with Gasteiger partial charge in [-0.2, -0.15) is 5.26 Å². The highest BCUT2D eigenvalue weighted by Gasteiger charge is 2.19. The number of aromatic nitrogens is 1. The topological polar surface area (TPSA) is 76.9 Å². The molecule has 4 nitrogen and oxygen atoms in total. The standard InChI is InChI=1S/C12H4BrIN2O2S2/c13-6-1-7(20-10(6)14)5-3-19-12-8(5)9(17)4(2-15)11(18)16-12/h1,3H,(H2,16,17,18). The van der Waals surface area contributed by atoms with Crippen molar-refractivity contribution in [2.45, 2.75) is 0 Å². The molecule has 0 fully saturated rings. The Bertz CT molecular complexity index is 916. The highest BCUT2D eigenvalue weighted by Crippen LogP contribution is 2.43. The summed E-state index contributed by atoms with van der Waals surface area (Å²) >= 11 is 8.59. The average molecular weight is 479 g/mol. The second kappa shape index (κ2) is 5.14. The van der Waals surface area contributed by atoms with Crippen molar-refractivity contribution in [1.82, 2.24) is 4.98 Å². The number of nitrogens with zero attached hydrogens (tertiary/aromatic N) is 1. The van der Waals surface area contributed by atoms with Gasteiger partial charge in [0.2, 0.25) is 0 Å². The van der Waals surface area contributed by atoms with Crippen molar-refractivity contribution in [3.05, 3.63) is 34.7 Å². The molecule has 0 aliphatic heterocycles. The summed E-state index contributed by atoms with van der Waals surface area (Å²) in [5, 5.41) is 21.6. The highest BCUT2D eigenvalue weighted by molar-refractivity contribution is 14.1. The molecule has 0 unspecified atom stereocenters. The van der Waals surface area contributed by atoms with Gasteiger partial charge in [0.25, 0.3) is 5.56 Å². The zero-order valence-corrected chi connectivity index (χ0v) is 14.9. The molecule has 0 radical (unpaired) electrons. The van der Waals surface area contributed by atoms with E-state index in [1.54, 1.807) is 17.4 Å². The van der Waals surface area contributed by atoms with E-state index in [9.17, 15) is 9.90 Å². The summed E-state index contributed by atoms with van der Waals surface area (Å²) in [6, 6.07) is 3.71. The van der Waals surface area contributed by atoms with Gasteiger partial charge >= 0.3 is 0 Å². The van der Waals surface area contributed by atoms with Crippen molar-refractivity contribution in [3.63, 3.8) is 0 Å². The summed E-state index contributed by atoms with van der Waals surface area (Å²) in [5.74, 6) is -0.248. The molecule has 0 atom stereocenters. The molecule has 0 amide bonds. The largest absolute Gasteiger partial charge is 0.506 e. The molecule has 0 aliphatic carbocycles. The van der Waals surface area contributed by atoms with Crippen molar-refractivity contribution < 1.29 is 5.11 Å². The maximum Gasteiger partial charge on any atom is 0.270 e. The maximum absolute atomic E-state index is 11.7. The van der Waals surface area contributed by atoms with Crippen LogP contribution in [0.4, 0.5) is 0 Å². The highest BCUT2D eigenvalue weighted by atomic mass is 127. The van der Waals surface area contributed by atoms with E-state index in [0.29, 0.717) is 10.2 Å². The number of halogens is 2. The Labute approximate surface area is 143 Å². The number of pyridine rings is 1. The number of nitrogens with one attached hydrogen (secondary N) is 1. The van der Waals surface area contributed by atoms with E-state index in [2.05, 4.69) is 43.5 Å². The molecular formula is C12H4BrIN2O2S2. The first-order valence-electron chi connectivity index (χ1n) is 5.24. The van der Waals surface area contributed by atoms with E-state index >= 15 is 0 Å². The molecule has 0 spiro atoms. The summed E-state index contributed by atoms with van der Waals surface area (Å²) < 4.78 is 2.09. The fourth-order valence-corrected chi connectivity index (χ4v) is 5.17. The first kappa shape index (κ1) is 14.1. The van der Waals surface area contributed by atoms with Gasteiger partial charge in [-0.3, -0.25) is 4.79 Å². The van der Waals surface area contributed by atoms with Gasteiger partial charge in [-0.25, -0.2) is 0 Å². The summed E-state index contributed by atoms with van der Waals surface area (Å²) in [5.41, 5.74) is 0.0131. The molecular weight excluding hydrogens is 475 g/mol. The molecule has 3 rings (SSSR count). The van der Waals surface area contributed by atoms with Crippen LogP contribution in [0, 0.1) is 14.2 Å². The Kier molecular flexibility index (Phi) is 3.62. The van der Waals surface area contributed by atoms with Gasteiger partial charge in [-0.05, 0) is 44.6 Å². The second-order valence-corrected chi connectivity index (χ2v) is 8.47. The summed E-state index contributed by atoms with van der Waals surface area (Å²) in [4.78, 5) is 15.8. The zero-order valence-electron chi connectivity index (χ0n) is 9.53. The van der Waals surface area contributed by atoms with Crippen LogP contribution in [0.25, 0.3) is 20.7 Å². The Balaban J connectivity index is 2.39. The van der Waals surface area contributed by atoms with Crippen LogP contribution < -0.4 is 5.56 Å². The minimum Gasteiger partial charge on any atom is -0.506 e. The van der Waals surface area contributed by atoms with E-state index in [1.165, 1.54) is 11.3 Å². The van der Waals surface area contributed by atoms with Gasteiger partial charge in [0.1, 0.15) is 16.6 Å². The maximum atomic E-state index is 11.7. The number of hydrogen-bond donors (Lipinski definition) is 2. The van der Waals surface area contributed by atoms with Crippen molar-refractivity contribution in [2.24, 2.45) is 0 Å². The number of thiophene rings is 2. The minimum atomic E-state index is -0.562. The molecule has 3 aromatic rings. The number of hydrogen-bond acceptors (Lipinski definition) is 5. The van der Waals surface area contributed by atoms with Crippen LogP contribution in [0.5, 0.6) is 5.75 Å². The zero-order chi connectivity index (χ0) is 14.4. The lowest BCUT2D eigenvalue weighted by molar-refractivity contribution is 0.479. The summed E-state index contributed by atoms with van der Waals surface area (Å²) in [6.07, 6.45) is 0. The van der Waals surface area contributed by atoms with E-state index < -0.39 is 5.56 Å². The average Bonchev–Trinajstić information content (AvgIpc) is 2.94. The SMILES string of the molecule is N#Cc1c(O)c2c(-c3cc(Br)c(I)s3)csc2[nH]c1=O. The van der Waals surface area contributed by atoms with Crippen molar-refractivity contribution in [3.8, 4) is 22.3 Å². The monoisotopic (exact) mass is 478 g/mol. The lowest BCUT2D eigenvalue weighted by Gasteiger charge is -2.00. The molecule has 2 N–H and O–H groups in total. The smallest absolute Gasteiger partial charge is 0.270 e. The van der Waals surface area contributed by atoms with Gasteiger partial charge in [-0.15, -0.1) is 22.7 Å². The number of aromatic amines is 1. The number of H-pyrrole nitrogens is 1. The van der Waals surface area contributed by atoms with Gasteiger partial charge in [0, 0.05) is 20.3 Å². The van der Waals surface area contributed by atoms with Crippen LogP contribution in [0.15, 0.2) is 20.7 Å². The van der Waals surface area contributed by atoms with Crippen LogP contribution in [0.2, 0.25) is 0 Å². The summed E-state index contributed by atoms with van der Waals surface area (Å²) in [6.45, 7) is 0. The van der Waals surface area contributed by atoms with Crippen molar-refractivity contribution >= 4 is 71.4 Å². The molecule has 0 aliphatic rings. The third kappa shape index (κ3) is 2.09. The fraction of sp³-hybridized carbons (Fsp3) is 0. The minimum absolute atomic E-state index is 0.248. The van der Waals surface area contributed by atoms with E-state index in [-0.39, 0.29) is 11.3 Å². The number of fused-ring (bicyclic) bond motifs is 1. The Morgan fingerprint density at radius 2 is 2.25 bits per heavy atom. The number of nitriles is 1. The molecule has 0 saturated carbocycles. The van der Waals surface area contributed by atoms with Crippen LogP contribution in [0.3, 0.4) is 0 Å². The van der Waals surface area contributed by atoms with Crippen LogP contribution in [0.1, 0.15) is 5.56 Å². The molecule has 20 heavy (non-hydrogen) atoms. The first-order valence-corrected chi connectivity index (χ1v) is 8.81. The quantitative estimate of drug-likeness (QED) is 0.513. The third-order valence-corrected chi connectivity index (χ3v) is 7.46. The van der Waals surface area contributed by atoms with Crippen molar-refractivity contribution in [2.75, 3.05) is 0 Å². The summed E-state index contributed by atoms with van der Waals surface area (Å²) in [7, 11) is 0. The molecule has 8 heteroatoms. The van der Waals surface area contributed by atoms with E-state index in [1.807, 2.05) is 11.4 Å². The molecule has 100 valence electrons. The molecule has 0 saturated heterocycles. The van der Waals surface area contributed by atoms with Crippen molar-refractivity contribution in [1.29, 1.82) is 5.26 Å². The van der Waals surface area contributed by atoms with E-state index in [4.69, 9.17) is 5.26 Å². The van der Waals surface area contributed by atoms with Gasteiger partial charge in [-0.1, -0.05) is 0 Å². The first-order chi connectivity index (χ1) is 9.52. The molecule has 3 heterocycles. The predicted octanol–water partition coefficient (Wildman–Crippen LogP) is 4.26. The molecule has 3 aromatic heterocycles. The second-order valence-electron chi connectivity index (χ2n) is 3.88. The van der Waals surface area contributed by atoms with E-state index in [0.717, 1.165) is 17.8 Å². The Morgan fingerprint density at radius 3 is 2.85 bits per heavy atom. The normalized spacial score (nSPS) is 10.8. The fourth-order valence-electron chi connectivity index (χ4n) is 1.85.